The summed E-state index contributed by atoms with van der Waals surface area (Å²) in [6, 6.07) is -3.08. The van der Waals surface area contributed by atoms with Crippen molar-refractivity contribution in [1.82, 2.24) is 89.7 Å². The van der Waals surface area contributed by atoms with Gasteiger partial charge in [0.25, 0.3) is 0 Å². The van der Waals surface area contributed by atoms with Crippen LogP contribution in [0.3, 0.4) is 0 Å². The predicted molar refractivity (Wildman–Crippen MR) is 458 cm³/mol. The van der Waals surface area contributed by atoms with Crippen LogP contribution in [0.4, 0.5) is 0 Å². The van der Waals surface area contributed by atoms with E-state index in [9.17, 15) is 53.1 Å². The van der Waals surface area contributed by atoms with Crippen molar-refractivity contribution >= 4 is 147 Å². The lowest BCUT2D eigenvalue weighted by Crippen LogP contribution is -2.61. The van der Waals surface area contributed by atoms with E-state index in [2.05, 4.69) is 102 Å². The molecule has 12 atom stereocenters. The van der Waals surface area contributed by atoms with E-state index >= 15 is 19.2 Å². The zero-order valence-corrected chi connectivity index (χ0v) is 69.9. The van der Waals surface area contributed by atoms with E-state index in [4.69, 9.17) is 56.4 Å². The highest BCUT2D eigenvalue weighted by atomic mass is 32.2. The number of carbonyl (C=O) groups excluding carboxylic acids is 13. The van der Waals surface area contributed by atoms with Gasteiger partial charge in [-0.05, 0) is 158 Å². The van der Waals surface area contributed by atoms with Crippen LogP contribution < -0.4 is 120 Å². The summed E-state index contributed by atoms with van der Waals surface area (Å²) in [5.74, 6) is -14.0. The van der Waals surface area contributed by atoms with Gasteiger partial charge in [-0.15, -0.1) is 0 Å². The summed E-state index contributed by atoms with van der Waals surface area (Å²) >= 11 is 5.43. The van der Waals surface area contributed by atoms with Crippen LogP contribution in [0.5, 0.6) is 0 Å². The molecular formula is C76H123N27O15S2. The Hall–Kier alpha value is -11.5. The maximum absolute atomic E-state index is 15.4. The van der Waals surface area contributed by atoms with Crippen molar-refractivity contribution in [2.75, 3.05) is 57.0 Å². The number of rotatable bonds is 58. The molecule has 0 aliphatic carbocycles. The third kappa shape index (κ3) is 36.8. The number of guanidine groups is 3. The standard InChI is InChI=1S/C76H123N27O15S2/c1-41(2)34-57(63(107)92-39-61(105)93-42(3)73(117)118)101-67(111)51(21-10-12-29-78)95-64(108)50(20-9-11-28-77)96-70(114)56(27-33-120-4)100-66(110)53(23-14-31-88-75(83)84)98-71(115)58(35-43-37-90-48-18-7-5-16-45(43)48)103-69(113)55(25-26-60(80)104)99-72(116)59(36-44-38-91-49-19-8-6-17-46(44)49)102-68(112)54(24-15-32-89-76(85)86)97-65(109)52(22-13-30-87-74(81)82)94-62(106)47(79)40-119/h5-8,16-19,37-38,41-42,47,50-59,90-91,119H,9-15,20-36,39-40,77-79H2,1-4H3,(H2,80,104)(H,92,107)(H,93,105)(H,94,106)(H,95,108)(H,96,114)(H,97,109)(H,98,115)(H,99,116)(H,100,110)(H,101,111)(H,102,112)(H,103,113)(H,117,118)(H4,81,82,87)(H4,83,84,88)(H4,85,86,89)/t42-,47-,50-,51-,52-,53-,54-,55-,56-,57-,58-,59-/m0/s1. The van der Waals surface area contributed by atoms with Crippen LogP contribution in [0.15, 0.2) is 60.9 Å². The average Bonchev–Trinajstić information content (AvgIpc) is 0.864. The molecule has 2 aromatic carbocycles. The smallest absolute Gasteiger partial charge is 0.325 e. The fraction of sp³-hybridized carbons (Fsp3) is 0.566. The largest absolute Gasteiger partial charge is 0.480 e. The molecule has 0 unspecified atom stereocenters. The molecule has 0 fully saturated rings. The van der Waals surface area contributed by atoms with E-state index in [0.29, 0.717) is 52.2 Å². The molecule has 0 saturated carbocycles. The minimum Gasteiger partial charge on any atom is -0.480 e. The quantitative estimate of drug-likeness (QED) is 0.00855. The lowest BCUT2D eigenvalue weighted by Gasteiger charge is -2.29. The van der Waals surface area contributed by atoms with E-state index in [0.717, 1.165) is 0 Å². The van der Waals surface area contributed by atoms with Crippen molar-refractivity contribution in [1.29, 1.82) is 16.2 Å². The summed E-state index contributed by atoms with van der Waals surface area (Å²) in [6.07, 6.45) is 4.68. The SMILES string of the molecule is CSCC[C@H](NC(=O)[C@H](CCCNC(=N)N)NC(=O)[C@H](Cc1c[nH]c2ccccc12)NC(=O)[C@H](CCC(N)=O)NC(=O)[C@H](Cc1c[nH]c2ccccc12)NC(=O)[C@H](CCCNC(=N)N)NC(=O)[C@H](CCCNC(=N)N)NC(=O)[C@@H](N)CS)C(=O)N[C@@H](CCCCN)C(=O)N[C@@H](CCCCN)C(=O)N[C@@H](CC(C)C)C(=O)NCC(=O)N[C@@H](C)C(=O)O. The van der Waals surface area contributed by atoms with Crippen molar-refractivity contribution in [3.8, 4) is 0 Å². The Morgan fingerprint density at radius 2 is 0.767 bits per heavy atom. The molecule has 0 radical (unpaired) electrons. The van der Waals surface area contributed by atoms with E-state index in [1.165, 1.54) is 18.7 Å². The highest BCUT2D eigenvalue weighted by Gasteiger charge is 2.38. The van der Waals surface area contributed by atoms with Gasteiger partial charge in [0.05, 0.1) is 12.6 Å². The van der Waals surface area contributed by atoms with E-state index < -0.39 is 187 Å². The molecule has 120 heavy (non-hydrogen) atoms. The van der Waals surface area contributed by atoms with Gasteiger partial charge in [-0.1, -0.05) is 50.2 Å². The molecule has 35 N–H and O–H groups in total. The first-order valence-corrected chi connectivity index (χ1v) is 41.8. The van der Waals surface area contributed by atoms with Gasteiger partial charge < -0.3 is 135 Å². The van der Waals surface area contributed by atoms with Crippen molar-refractivity contribution < 1.29 is 72.2 Å². The second-order valence-electron chi connectivity index (χ2n) is 29.3. The zero-order valence-electron chi connectivity index (χ0n) is 68.2. The third-order valence-corrected chi connectivity index (χ3v) is 20.1. The number of hydrogen-bond acceptors (Lipinski definition) is 22. The van der Waals surface area contributed by atoms with Gasteiger partial charge in [0.15, 0.2) is 17.9 Å². The molecule has 2 aromatic heterocycles. The Labute approximate surface area is 705 Å². The topological polar surface area (TPSA) is 725 Å². The van der Waals surface area contributed by atoms with Crippen LogP contribution in [-0.4, -0.2) is 245 Å². The number of carboxylic acid groups (broad SMARTS) is 1. The molecule has 42 nitrogen and oxygen atoms in total. The third-order valence-electron chi connectivity index (χ3n) is 19.1. The summed E-state index contributed by atoms with van der Waals surface area (Å²) in [5.41, 5.74) is 42.3. The van der Waals surface area contributed by atoms with Gasteiger partial charge in [0.1, 0.15) is 66.5 Å². The maximum Gasteiger partial charge on any atom is 0.325 e. The molecule has 0 aliphatic heterocycles. The number of hydrogen-bond donors (Lipinski definition) is 29. The minimum atomic E-state index is -1.73. The number of H-pyrrole nitrogens is 2. The number of thiol groups is 1. The number of aromatic nitrogens is 2. The summed E-state index contributed by atoms with van der Waals surface area (Å²) in [6.45, 7) is 4.76. The number of carboxylic acids is 1. The highest BCUT2D eigenvalue weighted by Crippen LogP contribution is 2.23. The van der Waals surface area contributed by atoms with Crippen LogP contribution in [-0.2, 0) is 80.0 Å². The first-order chi connectivity index (χ1) is 57.1. The van der Waals surface area contributed by atoms with E-state index in [1.807, 2.05) is 0 Å². The van der Waals surface area contributed by atoms with Crippen molar-refractivity contribution in [2.45, 2.75) is 209 Å². The fourth-order valence-electron chi connectivity index (χ4n) is 12.6. The Morgan fingerprint density at radius 3 is 1.11 bits per heavy atom. The van der Waals surface area contributed by atoms with Crippen LogP contribution in [0.2, 0.25) is 0 Å². The maximum atomic E-state index is 15.4. The molecule has 2 heterocycles. The zero-order chi connectivity index (χ0) is 89.0. The van der Waals surface area contributed by atoms with Gasteiger partial charge in [0, 0.05) is 78.8 Å². The molecule has 0 bridgehead atoms. The van der Waals surface area contributed by atoms with Crippen LogP contribution >= 0.6 is 24.4 Å². The first kappa shape index (κ1) is 101. The number of benzene rings is 2. The number of nitrogens with one attached hydrogen (secondary N) is 20. The Morgan fingerprint density at radius 1 is 0.433 bits per heavy atom. The normalized spacial score (nSPS) is 14.1. The molecule has 0 saturated heterocycles. The number of fused-ring (bicyclic) bond motifs is 2. The molecule has 4 aromatic rings. The van der Waals surface area contributed by atoms with Gasteiger partial charge in [-0.2, -0.15) is 24.4 Å². The van der Waals surface area contributed by atoms with E-state index in [-0.39, 0.29) is 140 Å². The van der Waals surface area contributed by atoms with Crippen molar-refractivity contribution in [3.63, 3.8) is 0 Å². The number of para-hydroxylation sites is 2. The summed E-state index contributed by atoms with van der Waals surface area (Å²) < 4.78 is 0. The molecule has 0 aliphatic rings. The van der Waals surface area contributed by atoms with Crippen molar-refractivity contribution in [3.05, 3.63) is 72.1 Å². The number of amides is 13. The van der Waals surface area contributed by atoms with Crippen LogP contribution in [0, 0.1) is 22.1 Å². The molecule has 0 spiro atoms. The fourth-order valence-corrected chi connectivity index (χ4v) is 13.2. The van der Waals surface area contributed by atoms with Gasteiger partial charge in [-0.3, -0.25) is 83.4 Å². The molecular weight excluding hydrogens is 1600 g/mol. The number of aliphatic carboxylic acids is 1. The van der Waals surface area contributed by atoms with Gasteiger partial charge in [-0.25, -0.2) is 0 Å². The number of carbonyl (C=O) groups is 14. The second kappa shape index (κ2) is 53.8. The monoisotopic (exact) mass is 1720 g/mol. The Balaban J connectivity index is 1.77. The number of unbranched alkanes of at least 4 members (excludes halogenated alkanes) is 2. The van der Waals surface area contributed by atoms with Crippen molar-refractivity contribution in [2.24, 2.45) is 46.1 Å². The molecule has 13 amide bonds. The predicted octanol–water partition coefficient (Wildman–Crippen LogP) is -4.64. The Bertz CT molecular complexity index is 4110. The second-order valence-corrected chi connectivity index (χ2v) is 30.7. The van der Waals surface area contributed by atoms with Crippen LogP contribution in [0.25, 0.3) is 21.8 Å². The minimum absolute atomic E-state index is 0.00269. The summed E-state index contributed by atoms with van der Waals surface area (Å²) in [7, 11) is 0. The highest BCUT2D eigenvalue weighted by molar-refractivity contribution is 7.98. The number of aromatic amines is 2. The first-order valence-electron chi connectivity index (χ1n) is 39.8. The molecule has 664 valence electrons. The van der Waals surface area contributed by atoms with Gasteiger partial charge in [0.2, 0.25) is 76.8 Å². The summed E-state index contributed by atoms with van der Waals surface area (Å²) in [4.78, 5) is 204. The summed E-state index contributed by atoms with van der Waals surface area (Å²) in [5, 5.41) is 73.2. The molecule has 44 heteroatoms. The number of primary amides is 1. The van der Waals surface area contributed by atoms with Gasteiger partial charge >= 0.3 is 5.97 Å². The number of nitrogens with two attached hydrogens (primary N) is 7. The van der Waals surface area contributed by atoms with Crippen LogP contribution in [0.1, 0.15) is 135 Å². The molecule has 4 rings (SSSR count). The Kier molecular flexibility index (Phi) is 45.2. The average molecular weight is 1720 g/mol. The number of thioether (sulfide) groups is 1. The lowest BCUT2D eigenvalue weighted by atomic mass is 10.0. The van der Waals surface area contributed by atoms with E-state index in [1.54, 1.807) is 81.0 Å². The lowest BCUT2D eigenvalue weighted by molar-refractivity contribution is -0.141.